The van der Waals surface area contributed by atoms with Crippen LogP contribution in [0.15, 0.2) is 52.1 Å². The molecule has 0 saturated carbocycles. The largest absolute Gasteiger partial charge is 0.431 e. The molecule has 3 rings (SSSR count). The van der Waals surface area contributed by atoms with Gasteiger partial charge in [0.25, 0.3) is 5.22 Å². The summed E-state index contributed by atoms with van der Waals surface area (Å²) in [6, 6.07) is 13.3. The highest BCUT2D eigenvalue weighted by molar-refractivity contribution is 7.99. The molecule has 0 spiro atoms. The molecule has 1 N–H and O–H groups in total. The molecule has 0 bridgehead atoms. The van der Waals surface area contributed by atoms with Crippen LogP contribution in [0.3, 0.4) is 0 Å². The standard InChI is InChI=1S/C17H15ClN2O2S/c1-11-4-2-3-5-12(11)9-19-16(21)10-23-17-20-14-7-6-13(18)8-15(14)22-17/h2-8H,9-10H2,1H3,(H,19,21). The third-order valence-electron chi connectivity index (χ3n) is 3.39. The van der Waals surface area contributed by atoms with Crippen molar-refractivity contribution in [3.63, 3.8) is 0 Å². The number of hydrogen-bond acceptors (Lipinski definition) is 4. The second-order valence-corrected chi connectivity index (χ2v) is 6.45. The summed E-state index contributed by atoms with van der Waals surface area (Å²) >= 11 is 7.18. The number of fused-ring (bicyclic) bond motifs is 1. The SMILES string of the molecule is Cc1ccccc1CNC(=O)CSc1nc2ccc(Cl)cc2o1. The summed E-state index contributed by atoms with van der Waals surface area (Å²) in [5, 5.41) is 3.97. The number of aromatic nitrogens is 1. The van der Waals surface area contributed by atoms with Crippen LogP contribution in [0.4, 0.5) is 0 Å². The molecule has 23 heavy (non-hydrogen) atoms. The summed E-state index contributed by atoms with van der Waals surface area (Å²) < 4.78 is 5.57. The zero-order chi connectivity index (χ0) is 16.2. The molecule has 1 amide bonds. The van der Waals surface area contributed by atoms with Crippen molar-refractivity contribution < 1.29 is 9.21 Å². The molecule has 0 fully saturated rings. The Morgan fingerprint density at radius 2 is 2.13 bits per heavy atom. The lowest BCUT2D eigenvalue weighted by atomic mass is 10.1. The molecule has 6 heteroatoms. The van der Waals surface area contributed by atoms with Crippen molar-refractivity contribution in [2.45, 2.75) is 18.7 Å². The van der Waals surface area contributed by atoms with E-state index in [1.807, 2.05) is 31.2 Å². The van der Waals surface area contributed by atoms with Gasteiger partial charge in [-0.2, -0.15) is 0 Å². The molecule has 0 aliphatic rings. The minimum atomic E-state index is -0.0569. The van der Waals surface area contributed by atoms with Crippen LogP contribution in [-0.2, 0) is 11.3 Å². The summed E-state index contributed by atoms with van der Waals surface area (Å²) in [6.07, 6.45) is 0. The van der Waals surface area contributed by atoms with Crippen LogP contribution in [0.5, 0.6) is 0 Å². The Morgan fingerprint density at radius 1 is 1.30 bits per heavy atom. The van der Waals surface area contributed by atoms with Crippen LogP contribution in [0, 0.1) is 6.92 Å². The number of carbonyl (C=O) groups excluding carboxylic acids is 1. The number of benzene rings is 2. The number of nitrogens with zero attached hydrogens (tertiary/aromatic N) is 1. The number of nitrogens with one attached hydrogen (secondary N) is 1. The lowest BCUT2D eigenvalue weighted by molar-refractivity contribution is -0.118. The van der Waals surface area contributed by atoms with Crippen molar-refractivity contribution >= 4 is 40.4 Å². The third kappa shape index (κ3) is 4.06. The molecule has 2 aromatic carbocycles. The van der Waals surface area contributed by atoms with E-state index in [-0.39, 0.29) is 11.7 Å². The summed E-state index contributed by atoms with van der Waals surface area (Å²) in [5.74, 6) is 0.199. The lowest BCUT2D eigenvalue weighted by Gasteiger charge is -2.06. The van der Waals surface area contributed by atoms with E-state index < -0.39 is 0 Å². The molecule has 0 aliphatic carbocycles. The van der Waals surface area contributed by atoms with Crippen molar-refractivity contribution in [3.05, 3.63) is 58.6 Å². The number of hydrogen-bond donors (Lipinski definition) is 1. The number of oxazole rings is 1. The average Bonchev–Trinajstić information content (AvgIpc) is 2.94. The zero-order valence-electron chi connectivity index (χ0n) is 12.5. The van der Waals surface area contributed by atoms with Crippen LogP contribution in [0.2, 0.25) is 5.02 Å². The van der Waals surface area contributed by atoms with Gasteiger partial charge in [0.05, 0.1) is 5.75 Å². The molecule has 0 radical (unpaired) electrons. The second-order valence-electron chi connectivity index (χ2n) is 5.08. The first-order valence-electron chi connectivity index (χ1n) is 7.12. The van der Waals surface area contributed by atoms with E-state index in [4.69, 9.17) is 16.0 Å². The molecule has 1 heterocycles. The van der Waals surface area contributed by atoms with E-state index >= 15 is 0 Å². The maximum absolute atomic E-state index is 11.9. The molecule has 3 aromatic rings. The fourth-order valence-corrected chi connectivity index (χ4v) is 2.95. The number of carbonyl (C=O) groups is 1. The monoisotopic (exact) mass is 346 g/mol. The highest BCUT2D eigenvalue weighted by Gasteiger charge is 2.10. The van der Waals surface area contributed by atoms with E-state index in [9.17, 15) is 4.79 Å². The van der Waals surface area contributed by atoms with Gasteiger partial charge >= 0.3 is 0 Å². The normalized spacial score (nSPS) is 10.9. The predicted octanol–water partition coefficient (Wildman–Crippen LogP) is 4.20. The Balaban J connectivity index is 1.54. The Kier molecular flexibility index (Phi) is 4.88. The van der Waals surface area contributed by atoms with Crippen molar-refractivity contribution in [3.8, 4) is 0 Å². The van der Waals surface area contributed by atoms with E-state index in [1.54, 1.807) is 18.2 Å². The predicted molar refractivity (Wildman–Crippen MR) is 92.8 cm³/mol. The fraction of sp³-hybridized carbons (Fsp3) is 0.176. The molecule has 0 saturated heterocycles. The van der Waals surface area contributed by atoms with Crippen LogP contribution in [0.1, 0.15) is 11.1 Å². The number of halogens is 1. The third-order valence-corrected chi connectivity index (χ3v) is 4.46. The Hall–Kier alpha value is -1.98. The quantitative estimate of drug-likeness (QED) is 0.703. The topological polar surface area (TPSA) is 55.1 Å². The first-order chi connectivity index (χ1) is 11.1. The maximum atomic E-state index is 11.9. The molecular formula is C17H15ClN2O2S. The van der Waals surface area contributed by atoms with Gasteiger partial charge in [0, 0.05) is 17.6 Å². The van der Waals surface area contributed by atoms with Gasteiger partial charge < -0.3 is 9.73 Å². The molecule has 0 aliphatic heterocycles. The number of rotatable bonds is 5. The molecule has 1 aromatic heterocycles. The summed E-state index contributed by atoms with van der Waals surface area (Å²) in [4.78, 5) is 16.3. The second kappa shape index (κ2) is 7.06. The molecule has 4 nitrogen and oxygen atoms in total. The highest BCUT2D eigenvalue weighted by atomic mass is 35.5. The van der Waals surface area contributed by atoms with E-state index in [0.717, 1.165) is 16.6 Å². The van der Waals surface area contributed by atoms with Gasteiger partial charge in [-0.25, -0.2) is 4.98 Å². The van der Waals surface area contributed by atoms with E-state index in [0.29, 0.717) is 22.4 Å². The number of amides is 1. The van der Waals surface area contributed by atoms with Crippen LogP contribution in [0.25, 0.3) is 11.1 Å². The van der Waals surface area contributed by atoms with Gasteiger partial charge in [-0.1, -0.05) is 47.6 Å². The van der Waals surface area contributed by atoms with Crippen molar-refractivity contribution in [2.24, 2.45) is 0 Å². The minimum Gasteiger partial charge on any atom is -0.431 e. The van der Waals surface area contributed by atoms with Gasteiger partial charge in [0.1, 0.15) is 5.52 Å². The fourth-order valence-electron chi connectivity index (χ4n) is 2.12. The number of thioether (sulfide) groups is 1. The van der Waals surface area contributed by atoms with E-state index in [1.165, 1.54) is 11.8 Å². The van der Waals surface area contributed by atoms with E-state index in [2.05, 4.69) is 10.3 Å². The Morgan fingerprint density at radius 3 is 2.96 bits per heavy atom. The summed E-state index contributed by atoms with van der Waals surface area (Å²) in [6.45, 7) is 2.55. The highest BCUT2D eigenvalue weighted by Crippen LogP contribution is 2.25. The molecule has 118 valence electrons. The van der Waals surface area contributed by atoms with Gasteiger partial charge in [0.2, 0.25) is 5.91 Å². The average molecular weight is 347 g/mol. The van der Waals surface area contributed by atoms with Crippen LogP contribution in [-0.4, -0.2) is 16.6 Å². The summed E-state index contributed by atoms with van der Waals surface area (Å²) in [7, 11) is 0. The van der Waals surface area contributed by atoms with Crippen molar-refractivity contribution in [1.29, 1.82) is 0 Å². The molecule has 0 atom stereocenters. The Labute approximate surface area is 143 Å². The maximum Gasteiger partial charge on any atom is 0.257 e. The lowest BCUT2D eigenvalue weighted by Crippen LogP contribution is -2.24. The minimum absolute atomic E-state index is 0.0569. The van der Waals surface area contributed by atoms with Gasteiger partial charge in [-0.05, 0) is 30.2 Å². The molecular weight excluding hydrogens is 332 g/mol. The first kappa shape index (κ1) is 15.9. The van der Waals surface area contributed by atoms with Crippen molar-refractivity contribution in [1.82, 2.24) is 10.3 Å². The zero-order valence-corrected chi connectivity index (χ0v) is 14.1. The van der Waals surface area contributed by atoms with Crippen LogP contribution >= 0.6 is 23.4 Å². The Bertz CT molecular complexity index is 847. The van der Waals surface area contributed by atoms with Crippen LogP contribution < -0.4 is 5.32 Å². The van der Waals surface area contributed by atoms with Gasteiger partial charge in [0.15, 0.2) is 5.58 Å². The van der Waals surface area contributed by atoms with Crippen molar-refractivity contribution in [2.75, 3.05) is 5.75 Å². The smallest absolute Gasteiger partial charge is 0.257 e. The first-order valence-corrected chi connectivity index (χ1v) is 8.48. The molecule has 0 unspecified atom stereocenters. The number of aryl methyl sites for hydroxylation is 1. The van der Waals surface area contributed by atoms with Gasteiger partial charge in [-0.15, -0.1) is 0 Å². The summed E-state index contributed by atoms with van der Waals surface area (Å²) in [5.41, 5.74) is 3.64. The van der Waals surface area contributed by atoms with Gasteiger partial charge in [-0.3, -0.25) is 4.79 Å².